The van der Waals surface area contributed by atoms with E-state index in [1.807, 2.05) is 24.3 Å². The van der Waals surface area contributed by atoms with Crippen LogP contribution in [0.2, 0.25) is 5.02 Å². The number of esters is 1. The van der Waals surface area contributed by atoms with Gasteiger partial charge in [-0.25, -0.2) is 4.79 Å². The van der Waals surface area contributed by atoms with Crippen LogP contribution in [0.5, 0.6) is 0 Å². The molecule has 1 amide bonds. The van der Waals surface area contributed by atoms with Crippen molar-refractivity contribution in [2.45, 2.75) is 11.3 Å². The maximum absolute atomic E-state index is 12.0. The Morgan fingerprint density at radius 3 is 2.44 bits per heavy atom. The highest BCUT2D eigenvalue weighted by Crippen LogP contribution is 2.20. The van der Waals surface area contributed by atoms with E-state index >= 15 is 0 Å². The number of nitriles is 1. The van der Waals surface area contributed by atoms with Crippen LogP contribution in [0.15, 0.2) is 53.4 Å². The second kappa shape index (κ2) is 9.72. The molecule has 0 saturated heterocycles. The van der Waals surface area contributed by atoms with Gasteiger partial charge in [-0.3, -0.25) is 4.79 Å². The molecular weight excluding hydrogens is 360 g/mol. The molecule has 0 fully saturated rings. The van der Waals surface area contributed by atoms with Crippen molar-refractivity contribution in [2.75, 3.05) is 17.7 Å². The molecule has 0 aliphatic heterocycles. The molecule has 0 spiro atoms. The van der Waals surface area contributed by atoms with E-state index in [-0.39, 0.29) is 13.0 Å². The summed E-state index contributed by atoms with van der Waals surface area (Å²) in [5.41, 5.74) is 0.921. The normalized spacial score (nSPS) is 9.92. The van der Waals surface area contributed by atoms with Gasteiger partial charge in [-0.1, -0.05) is 11.6 Å². The van der Waals surface area contributed by atoms with Gasteiger partial charge in [0.15, 0.2) is 0 Å². The van der Waals surface area contributed by atoms with E-state index in [2.05, 4.69) is 5.32 Å². The lowest BCUT2D eigenvalue weighted by molar-refractivity contribution is -0.115. The van der Waals surface area contributed by atoms with Crippen molar-refractivity contribution in [3.63, 3.8) is 0 Å². The Kier molecular flexibility index (Phi) is 7.33. The van der Waals surface area contributed by atoms with Gasteiger partial charge in [0.05, 0.1) is 11.6 Å². The number of carbonyl (C=O) groups is 2. The molecule has 0 aromatic heterocycles. The van der Waals surface area contributed by atoms with E-state index in [1.54, 1.807) is 42.1 Å². The molecule has 25 heavy (non-hydrogen) atoms. The summed E-state index contributed by atoms with van der Waals surface area (Å²) in [5, 5.41) is 11.7. The van der Waals surface area contributed by atoms with E-state index in [1.165, 1.54) is 0 Å². The summed E-state index contributed by atoms with van der Waals surface area (Å²) >= 11 is 7.39. The van der Waals surface area contributed by atoms with Crippen LogP contribution in [-0.4, -0.2) is 24.2 Å². The Balaban J connectivity index is 1.76. The SMILES string of the molecule is N#CCC(=O)Nc1ccc(C(=O)OCCSc2ccc(Cl)cc2)cc1. The Labute approximate surface area is 154 Å². The van der Waals surface area contributed by atoms with Crippen molar-refractivity contribution in [3.05, 3.63) is 59.1 Å². The Bertz CT molecular complexity index is 770. The fourth-order valence-corrected chi connectivity index (χ4v) is 2.73. The average Bonchev–Trinajstić information content (AvgIpc) is 2.61. The topological polar surface area (TPSA) is 79.2 Å². The lowest BCUT2D eigenvalue weighted by Gasteiger charge is -2.06. The summed E-state index contributed by atoms with van der Waals surface area (Å²) < 4.78 is 5.22. The maximum Gasteiger partial charge on any atom is 0.338 e. The van der Waals surface area contributed by atoms with E-state index in [9.17, 15) is 9.59 Å². The monoisotopic (exact) mass is 374 g/mol. The number of nitrogens with zero attached hydrogens (tertiary/aromatic N) is 1. The van der Waals surface area contributed by atoms with Crippen molar-refractivity contribution in [1.29, 1.82) is 5.26 Å². The third kappa shape index (κ3) is 6.49. The van der Waals surface area contributed by atoms with Gasteiger partial charge in [0.1, 0.15) is 13.0 Å². The first-order chi connectivity index (χ1) is 12.1. The molecular formula is C18H15ClN2O3S. The molecule has 7 heteroatoms. The Morgan fingerprint density at radius 2 is 1.80 bits per heavy atom. The van der Waals surface area contributed by atoms with Crippen molar-refractivity contribution < 1.29 is 14.3 Å². The first-order valence-corrected chi connectivity index (χ1v) is 8.77. The minimum Gasteiger partial charge on any atom is -0.461 e. The van der Waals surface area contributed by atoms with Gasteiger partial charge in [0.25, 0.3) is 0 Å². The van der Waals surface area contributed by atoms with E-state index < -0.39 is 11.9 Å². The number of benzene rings is 2. The highest BCUT2D eigenvalue weighted by atomic mass is 35.5. The van der Waals surface area contributed by atoms with E-state index in [0.29, 0.717) is 22.0 Å². The van der Waals surface area contributed by atoms with Gasteiger partial charge >= 0.3 is 5.97 Å². The average molecular weight is 375 g/mol. The summed E-state index contributed by atoms with van der Waals surface area (Å²) in [6.45, 7) is 0.285. The fraction of sp³-hybridized carbons (Fsp3) is 0.167. The van der Waals surface area contributed by atoms with E-state index in [4.69, 9.17) is 21.6 Å². The van der Waals surface area contributed by atoms with E-state index in [0.717, 1.165) is 4.90 Å². The number of halogens is 1. The lowest BCUT2D eigenvalue weighted by atomic mass is 10.2. The molecule has 0 aliphatic rings. The molecule has 2 rings (SSSR count). The number of thioether (sulfide) groups is 1. The van der Waals surface area contributed by atoms with Gasteiger partial charge in [-0.2, -0.15) is 5.26 Å². The van der Waals surface area contributed by atoms with Crippen LogP contribution in [-0.2, 0) is 9.53 Å². The zero-order valence-corrected chi connectivity index (χ0v) is 14.8. The Hall–Kier alpha value is -2.49. The summed E-state index contributed by atoms with van der Waals surface area (Å²) in [4.78, 5) is 24.3. The van der Waals surface area contributed by atoms with Gasteiger partial charge in [0.2, 0.25) is 5.91 Å². The first kappa shape index (κ1) is 18.8. The quantitative estimate of drug-likeness (QED) is 0.447. The van der Waals surface area contributed by atoms with Gasteiger partial charge in [0, 0.05) is 21.4 Å². The summed E-state index contributed by atoms with van der Waals surface area (Å²) in [6, 6.07) is 15.5. The third-order valence-corrected chi connectivity index (χ3v) is 4.27. The Morgan fingerprint density at radius 1 is 1.12 bits per heavy atom. The molecule has 5 nitrogen and oxygen atoms in total. The van der Waals surface area contributed by atoms with Gasteiger partial charge in [-0.05, 0) is 48.5 Å². The molecule has 0 bridgehead atoms. The number of ether oxygens (including phenoxy) is 1. The van der Waals surface area contributed by atoms with Crippen LogP contribution < -0.4 is 5.32 Å². The maximum atomic E-state index is 12.0. The number of carbonyl (C=O) groups excluding carboxylic acids is 2. The molecule has 0 saturated carbocycles. The van der Waals surface area contributed by atoms with Crippen LogP contribution >= 0.6 is 23.4 Å². The molecule has 0 atom stereocenters. The molecule has 0 radical (unpaired) electrons. The first-order valence-electron chi connectivity index (χ1n) is 7.41. The third-order valence-electron chi connectivity index (χ3n) is 3.04. The summed E-state index contributed by atoms with van der Waals surface area (Å²) in [6.07, 6.45) is -0.213. The zero-order chi connectivity index (χ0) is 18.1. The summed E-state index contributed by atoms with van der Waals surface area (Å²) in [5.74, 6) is -0.181. The molecule has 128 valence electrons. The second-order valence-electron chi connectivity index (χ2n) is 4.90. The van der Waals surface area contributed by atoms with Crippen LogP contribution in [0.25, 0.3) is 0 Å². The van der Waals surface area contributed by atoms with Crippen LogP contribution in [0.3, 0.4) is 0 Å². The number of anilines is 1. The largest absolute Gasteiger partial charge is 0.461 e. The highest BCUT2D eigenvalue weighted by molar-refractivity contribution is 7.99. The zero-order valence-electron chi connectivity index (χ0n) is 13.2. The predicted molar refractivity (Wildman–Crippen MR) is 97.8 cm³/mol. The number of amides is 1. The van der Waals surface area contributed by atoms with Crippen molar-refractivity contribution in [3.8, 4) is 6.07 Å². The number of hydrogen-bond acceptors (Lipinski definition) is 5. The highest BCUT2D eigenvalue weighted by Gasteiger charge is 2.08. The van der Waals surface area contributed by atoms with Crippen LogP contribution in [0.1, 0.15) is 16.8 Å². The van der Waals surface area contributed by atoms with Crippen molar-refractivity contribution in [2.24, 2.45) is 0 Å². The van der Waals surface area contributed by atoms with Gasteiger partial charge in [-0.15, -0.1) is 11.8 Å². The molecule has 0 heterocycles. The standard InChI is InChI=1S/C18H15ClN2O3S/c19-14-3-7-16(8-4-14)25-12-11-24-18(23)13-1-5-15(6-2-13)21-17(22)9-10-20/h1-8H,9,11-12H2,(H,21,22). The molecule has 0 unspecified atom stereocenters. The minimum absolute atomic E-state index is 0.213. The lowest BCUT2D eigenvalue weighted by Crippen LogP contribution is -2.11. The molecule has 1 N–H and O–H groups in total. The fourth-order valence-electron chi connectivity index (χ4n) is 1.87. The van der Waals surface area contributed by atoms with Gasteiger partial charge < -0.3 is 10.1 Å². The van der Waals surface area contributed by atoms with Crippen molar-refractivity contribution in [1.82, 2.24) is 0 Å². The minimum atomic E-state index is -0.424. The van der Waals surface area contributed by atoms with Crippen LogP contribution in [0, 0.1) is 11.3 Å². The number of rotatable bonds is 7. The molecule has 2 aromatic rings. The summed E-state index contributed by atoms with van der Waals surface area (Å²) in [7, 11) is 0. The molecule has 0 aliphatic carbocycles. The van der Waals surface area contributed by atoms with Crippen molar-refractivity contribution >= 4 is 40.9 Å². The molecule has 2 aromatic carbocycles. The predicted octanol–water partition coefficient (Wildman–Crippen LogP) is 4.14. The second-order valence-corrected chi connectivity index (χ2v) is 6.50. The number of nitrogens with one attached hydrogen (secondary N) is 1. The number of hydrogen-bond donors (Lipinski definition) is 1. The smallest absolute Gasteiger partial charge is 0.338 e. The van der Waals surface area contributed by atoms with Crippen LogP contribution in [0.4, 0.5) is 5.69 Å².